The molecule has 0 aliphatic rings. The van der Waals surface area contributed by atoms with Crippen LogP contribution in [0.25, 0.3) is 11.4 Å². The number of H-pyrrole nitrogens is 1. The van der Waals surface area contributed by atoms with Gasteiger partial charge in [-0.2, -0.15) is 9.90 Å². The molecule has 0 spiro atoms. The number of aryl methyl sites for hydroxylation is 2. The van der Waals surface area contributed by atoms with Crippen molar-refractivity contribution >= 4 is 11.7 Å². The van der Waals surface area contributed by atoms with Gasteiger partial charge in [-0.1, -0.05) is 12.1 Å². The Hall–Kier alpha value is -3.23. The first kappa shape index (κ1) is 16.6. The predicted molar refractivity (Wildman–Crippen MR) is 92.9 cm³/mol. The number of rotatable bonds is 5. The van der Waals surface area contributed by atoms with Gasteiger partial charge in [0.15, 0.2) is 0 Å². The van der Waals surface area contributed by atoms with Crippen molar-refractivity contribution in [1.82, 2.24) is 35.7 Å². The highest BCUT2D eigenvalue weighted by atomic mass is 16.2. The molecule has 2 amide bonds. The third-order valence-electron chi connectivity index (χ3n) is 3.54. The maximum atomic E-state index is 12.2. The number of nitrogens with one attached hydrogen (secondary N) is 3. The molecule has 2 aromatic heterocycles. The largest absolute Gasteiger partial charge is 0.335 e. The molecule has 130 valence electrons. The zero-order valence-electron chi connectivity index (χ0n) is 14.3. The van der Waals surface area contributed by atoms with Crippen molar-refractivity contribution in [3.8, 4) is 11.4 Å². The summed E-state index contributed by atoms with van der Waals surface area (Å²) in [6.07, 6.45) is 0.654. The Morgan fingerprint density at radius 2 is 2.20 bits per heavy atom. The third-order valence-corrected chi connectivity index (χ3v) is 3.54. The van der Waals surface area contributed by atoms with Crippen molar-refractivity contribution in [2.45, 2.75) is 26.3 Å². The number of urea groups is 1. The fourth-order valence-electron chi connectivity index (χ4n) is 2.47. The summed E-state index contributed by atoms with van der Waals surface area (Å²) in [6.45, 7) is 3.88. The van der Waals surface area contributed by atoms with Gasteiger partial charge in [0, 0.05) is 29.4 Å². The molecule has 0 bridgehead atoms. The Balaban J connectivity index is 1.59. The van der Waals surface area contributed by atoms with Crippen LogP contribution in [-0.2, 0) is 13.5 Å². The van der Waals surface area contributed by atoms with E-state index in [0.717, 1.165) is 17.0 Å². The van der Waals surface area contributed by atoms with Gasteiger partial charge >= 0.3 is 6.03 Å². The van der Waals surface area contributed by atoms with Gasteiger partial charge in [-0.05, 0) is 37.3 Å². The number of tetrazole rings is 1. The summed E-state index contributed by atoms with van der Waals surface area (Å²) < 4.78 is 0. The average Bonchev–Trinajstić information content (AvgIpc) is 3.16. The van der Waals surface area contributed by atoms with Crippen molar-refractivity contribution in [3.05, 3.63) is 41.7 Å². The van der Waals surface area contributed by atoms with E-state index in [1.807, 2.05) is 32.0 Å². The van der Waals surface area contributed by atoms with E-state index in [1.165, 1.54) is 4.80 Å². The molecule has 1 atom stereocenters. The van der Waals surface area contributed by atoms with Crippen molar-refractivity contribution in [1.29, 1.82) is 0 Å². The SMILES string of the molecule is Cc1cc(C[C@H](C)NC(=O)Nc2cccc(-c3nnn(C)n3)c2)n[nH]1. The molecule has 9 heteroatoms. The fraction of sp³-hybridized carbons (Fsp3) is 0.312. The molecule has 9 nitrogen and oxygen atoms in total. The van der Waals surface area contributed by atoms with Gasteiger partial charge in [0.05, 0.1) is 12.7 Å². The van der Waals surface area contributed by atoms with Crippen molar-refractivity contribution in [2.75, 3.05) is 5.32 Å². The lowest BCUT2D eigenvalue weighted by Gasteiger charge is -2.13. The van der Waals surface area contributed by atoms with Crippen LogP contribution in [0.5, 0.6) is 0 Å². The van der Waals surface area contributed by atoms with Gasteiger partial charge in [0.2, 0.25) is 5.82 Å². The molecule has 0 saturated carbocycles. The molecular weight excluding hydrogens is 320 g/mol. The van der Waals surface area contributed by atoms with E-state index in [2.05, 4.69) is 36.2 Å². The molecule has 0 fully saturated rings. The van der Waals surface area contributed by atoms with E-state index in [-0.39, 0.29) is 12.1 Å². The summed E-state index contributed by atoms with van der Waals surface area (Å²) >= 11 is 0. The van der Waals surface area contributed by atoms with Crippen molar-refractivity contribution in [2.24, 2.45) is 7.05 Å². The fourth-order valence-corrected chi connectivity index (χ4v) is 2.47. The second-order valence-corrected chi connectivity index (χ2v) is 5.93. The third kappa shape index (κ3) is 4.40. The number of anilines is 1. The van der Waals surface area contributed by atoms with E-state index in [4.69, 9.17) is 0 Å². The molecule has 3 rings (SSSR count). The van der Waals surface area contributed by atoms with Gasteiger partial charge in [0.1, 0.15) is 0 Å². The highest BCUT2D eigenvalue weighted by Crippen LogP contribution is 2.18. The van der Waals surface area contributed by atoms with Crippen LogP contribution >= 0.6 is 0 Å². The van der Waals surface area contributed by atoms with Crippen LogP contribution in [-0.4, -0.2) is 42.5 Å². The Bertz CT molecular complexity index is 868. The van der Waals surface area contributed by atoms with Crippen LogP contribution in [0.15, 0.2) is 30.3 Å². The number of hydrogen-bond donors (Lipinski definition) is 3. The number of hydrogen-bond acceptors (Lipinski definition) is 5. The molecule has 0 aliphatic carbocycles. The van der Waals surface area contributed by atoms with Crippen LogP contribution in [0.4, 0.5) is 10.5 Å². The monoisotopic (exact) mass is 340 g/mol. The van der Waals surface area contributed by atoms with Crippen LogP contribution in [0, 0.1) is 6.92 Å². The number of aromatic nitrogens is 6. The number of aromatic amines is 1. The molecule has 3 aromatic rings. The van der Waals surface area contributed by atoms with Crippen LogP contribution < -0.4 is 10.6 Å². The molecular formula is C16H20N8O. The van der Waals surface area contributed by atoms with Crippen molar-refractivity contribution in [3.63, 3.8) is 0 Å². The molecule has 3 N–H and O–H groups in total. The summed E-state index contributed by atoms with van der Waals surface area (Å²) in [5.41, 5.74) is 3.36. The summed E-state index contributed by atoms with van der Waals surface area (Å²) in [6, 6.07) is 8.95. The van der Waals surface area contributed by atoms with Gasteiger partial charge in [-0.15, -0.1) is 10.2 Å². The molecule has 0 radical (unpaired) electrons. The predicted octanol–water partition coefficient (Wildman–Crippen LogP) is 1.66. The number of carbonyl (C=O) groups is 1. The summed E-state index contributed by atoms with van der Waals surface area (Å²) in [7, 11) is 1.70. The maximum Gasteiger partial charge on any atom is 0.319 e. The first-order chi connectivity index (χ1) is 12.0. The lowest BCUT2D eigenvalue weighted by Crippen LogP contribution is -2.37. The molecule has 1 aromatic carbocycles. The lowest BCUT2D eigenvalue weighted by atomic mass is 10.2. The molecule has 0 aliphatic heterocycles. The minimum atomic E-state index is -0.274. The van der Waals surface area contributed by atoms with Crippen LogP contribution in [0.3, 0.4) is 0 Å². The van der Waals surface area contributed by atoms with E-state index >= 15 is 0 Å². The number of nitrogens with zero attached hydrogens (tertiary/aromatic N) is 5. The lowest BCUT2D eigenvalue weighted by molar-refractivity contribution is 0.249. The molecule has 0 saturated heterocycles. The van der Waals surface area contributed by atoms with Crippen molar-refractivity contribution < 1.29 is 4.79 Å². The Kier molecular flexibility index (Phi) is 4.73. The first-order valence-corrected chi connectivity index (χ1v) is 7.92. The Labute approximate surface area is 144 Å². The highest BCUT2D eigenvalue weighted by Gasteiger charge is 2.11. The number of carbonyl (C=O) groups excluding carboxylic acids is 1. The normalized spacial score (nSPS) is 12.0. The van der Waals surface area contributed by atoms with E-state index in [1.54, 1.807) is 19.2 Å². The van der Waals surface area contributed by atoms with Crippen LogP contribution in [0.2, 0.25) is 0 Å². The van der Waals surface area contributed by atoms with Crippen LogP contribution in [0.1, 0.15) is 18.3 Å². The highest BCUT2D eigenvalue weighted by molar-refractivity contribution is 5.90. The summed E-state index contributed by atoms with van der Waals surface area (Å²) in [4.78, 5) is 13.6. The van der Waals surface area contributed by atoms with Gasteiger partial charge < -0.3 is 10.6 Å². The zero-order chi connectivity index (χ0) is 17.8. The maximum absolute atomic E-state index is 12.2. The minimum absolute atomic E-state index is 0.0486. The number of amides is 2. The first-order valence-electron chi connectivity index (χ1n) is 7.92. The smallest absolute Gasteiger partial charge is 0.319 e. The second-order valence-electron chi connectivity index (χ2n) is 5.93. The van der Waals surface area contributed by atoms with E-state index < -0.39 is 0 Å². The van der Waals surface area contributed by atoms with E-state index in [9.17, 15) is 4.79 Å². The topological polar surface area (TPSA) is 113 Å². The van der Waals surface area contributed by atoms with Gasteiger partial charge in [-0.25, -0.2) is 4.79 Å². The van der Waals surface area contributed by atoms with Gasteiger partial charge in [0.25, 0.3) is 0 Å². The quantitative estimate of drug-likeness (QED) is 0.654. The number of benzene rings is 1. The Morgan fingerprint density at radius 1 is 1.36 bits per heavy atom. The average molecular weight is 340 g/mol. The standard InChI is InChI=1S/C16H20N8O/c1-10(7-14-8-11(2)19-20-14)17-16(25)18-13-6-4-5-12(9-13)15-21-23-24(3)22-15/h4-6,8-10H,7H2,1-3H3,(H,19,20)(H2,17,18,25)/t10-/m0/s1. The molecule has 0 unspecified atom stereocenters. The van der Waals surface area contributed by atoms with E-state index in [0.29, 0.717) is 17.9 Å². The zero-order valence-corrected chi connectivity index (χ0v) is 14.3. The molecule has 2 heterocycles. The van der Waals surface area contributed by atoms with Gasteiger partial charge in [-0.3, -0.25) is 5.10 Å². The minimum Gasteiger partial charge on any atom is -0.335 e. The molecule has 25 heavy (non-hydrogen) atoms. The Morgan fingerprint density at radius 3 is 2.88 bits per heavy atom. The second kappa shape index (κ2) is 7.12. The summed E-state index contributed by atoms with van der Waals surface area (Å²) in [5.74, 6) is 0.508. The summed E-state index contributed by atoms with van der Waals surface area (Å²) in [5, 5.41) is 24.7.